The second kappa shape index (κ2) is 19.9. The van der Waals surface area contributed by atoms with Gasteiger partial charge < -0.3 is 25.8 Å². The molecule has 2 aliphatic heterocycles. The predicted molar refractivity (Wildman–Crippen MR) is 241 cm³/mol. The van der Waals surface area contributed by atoms with Gasteiger partial charge in [-0.15, -0.1) is 5.10 Å². The molecule has 4 N–H and O–H groups in total. The first-order valence-electron chi connectivity index (χ1n) is 20.9. The predicted octanol–water partition coefficient (Wildman–Crippen LogP) is 5.75. The van der Waals surface area contributed by atoms with Gasteiger partial charge in [-0.2, -0.15) is 5.10 Å². The van der Waals surface area contributed by atoms with E-state index >= 15 is 0 Å². The molecule has 0 radical (unpaired) electrons. The van der Waals surface area contributed by atoms with E-state index in [1.54, 1.807) is 47.4 Å². The largest absolute Gasteiger partial charge is 0.374 e. The van der Waals surface area contributed by atoms with Crippen LogP contribution in [0.1, 0.15) is 58.6 Å². The Balaban J connectivity index is 0.790. The number of anilines is 3. The topological polar surface area (TPSA) is 201 Å². The molecule has 2 aliphatic rings. The van der Waals surface area contributed by atoms with Gasteiger partial charge >= 0.3 is 0 Å². The number of aryl methyl sites for hydroxylation is 1. The SMILES string of the molecule is O=C1CCC(Nc2ccc(N3CCN(C(=O)CCCCn4cc(CNC(=O)c5cc(NC(=O)c6cc(-c7ccccn7)c(Cl)cc6Cl)n(-c6ccccc6)n5)nn4)CC3)cc2)C(=O)N1. The summed E-state index contributed by atoms with van der Waals surface area (Å²) in [6.45, 7) is 3.32. The molecule has 0 aliphatic carbocycles. The molecule has 2 fully saturated rings. The average Bonchev–Trinajstić information content (AvgIpc) is 3.96. The number of unbranched alkanes of at least 4 members (excludes halogenated alkanes) is 1. The van der Waals surface area contributed by atoms with E-state index in [1.807, 2.05) is 53.4 Å². The summed E-state index contributed by atoms with van der Waals surface area (Å²) in [4.78, 5) is 72.1. The van der Waals surface area contributed by atoms with Gasteiger partial charge in [0.2, 0.25) is 17.7 Å². The van der Waals surface area contributed by atoms with Crippen LogP contribution in [0.3, 0.4) is 0 Å². The molecule has 3 aromatic carbocycles. The quantitative estimate of drug-likeness (QED) is 0.0723. The number of amides is 5. The van der Waals surface area contributed by atoms with Gasteiger partial charge in [-0.25, -0.2) is 4.68 Å². The van der Waals surface area contributed by atoms with Gasteiger partial charge in [-0.1, -0.05) is 52.7 Å². The van der Waals surface area contributed by atoms with Crippen molar-refractivity contribution < 1.29 is 24.0 Å². The number of pyridine rings is 1. The van der Waals surface area contributed by atoms with Gasteiger partial charge in [0.15, 0.2) is 5.69 Å². The molecule has 2 saturated heterocycles. The Kier molecular flexibility index (Phi) is 13.6. The van der Waals surface area contributed by atoms with E-state index in [0.29, 0.717) is 86.1 Å². The van der Waals surface area contributed by atoms with E-state index < -0.39 is 17.9 Å². The number of hydrogen-bond acceptors (Lipinski definition) is 11. The number of nitrogens with one attached hydrogen (secondary N) is 4. The summed E-state index contributed by atoms with van der Waals surface area (Å²) in [6, 6.07) is 26.4. The molecule has 8 rings (SSSR count). The highest BCUT2D eigenvalue weighted by Crippen LogP contribution is 2.33. The summed E-state index contributed by atoms with van der Waals surface area (Å²) in [5, 5.41) is 24.6. The van der Waals surface area contributed by atoms with Crippen LogP contribution >= 0.6 is 23.2 Å². The minimum absolute atomic E-state index is 0.0595. The first-order chi connectivity index (χ1) is 31.1. The Morgan fingerprint density at radius 3 is 2.36 bits per heavy atom. The summed E-state index contributed by atoms with van der Waals surface area (Å²) < 4.78 is 3.15. The zero-order valence-corrected chi connectivity index (χ0v) is 36.1. The van der Waals surface area contributed by atoms with Crippen molar-refractivity contribution in [2.75, 3.05) is 41.7 Å². The molecule has 6 aromatic rings. The number of imide groups is 1. The van der Waals surface area contributed by atoms with Crippen molar-refractivity contribution >= 4 is 69.9 Å². The zero-order chi connectivity index (χ0) is 44.6. The third kappa shape index (κ3) is 10.6. The van der Waals surface area contributed by atoms with Crippen molar-refractivity contribution in [3.8, 4) is 16.9 Å². The number of carbonyl (C=O) groups is 5. The summed E-state index contributed by atoms with van der Waals surface area (Å²) in [5.74, 6) is -1.22. The van der Waals surface area contributed by atoms with Crippen LogP contribution in [0.5, 0.6) is 0 Å². The third-order valence-electron chi connectivity index (χ3n) is 10.9. The van der Waals surface area contributed by atoms with Crippen LogP contribution in [-0.4, -0.2) is 96.4 Å². The number of rotatable bonds is 15. The summed E-state index contributed by atoms with van der Waals surface area (Å²) in [5.41, 5.74) is 4.33. The molecule has 1 unspecified atom stereocenters. The number of aromatic nitrogens is 6. The van der Waals surface area contributed by atoms with E-state index in [1.165, 1.54) is 16.8 Å². The Labute approximate surface area is 378 Å². The van der Waals surface area contributed by atoms with Gasteiger partial charge in [0.1, 0.15) is 17.6 Å². The lowest BCUT2D eigenvalue weighted by molar-refractivity contribution is -0.134. The molecule has 0 bridgehead atoms. The summed E-state index contributed by atoms with van der Waals surface area (Å²) >= 11 is 13.0. The molecular formula is C45H44Cl2N12O5. The minimum atomic E-state index is -0.536. The van der Waals surface area contributed by atoms with Crippen molar-refractivity contribution in [1.29, 1.82) is 0 Å². The molecule has 5 heterocycles. The lowest BCUT2D eigenvalue weighted by Gasteiger charge is -2.36. The number of piperazine rings is 1. The van der Waals surface area contributed by atoms with Gasteiger partial charge in [0.05, 0.1) is 39.7 Å². The van der Waals surface area contributed by atoms with Crippen LogP contribution < -0.4 is 26.2 Å². The van der Waals surface area contributed by atoms with Gasteiger partial charge in [0.25, 0.3) is 11.8 Å². The van der Waals surface area contributed by atoms with E-state index in [-0.39, 0.29) is 46.4 Å². The molecule has 64 heavy (non-hydrogen) atoms. The number of para-hydroxylation sites is 1. The normalized spacial score (nSPS) is 15.1. The molecule has 328 valence electrons. The maximum atomic E-state index is 13.7. The first-order valence-corrected chi connectivity index (χ1v) is 21.6. The highest BCUT2D eigenvalue weighted by Gasteiger charge is 2.27. The molecule has 1 atom stereocenters. The Morgan fingerprint density at radius 2 is 1.61 bits per heavy atom. The fourth-order valence-corrected chi connectivity index (χ4v) is 8.05. The van der Waals surface area contributed by atoms with Crippen LogP contribution in [0, 0.1) is 0 Å². The van der Waals surface area contributed by atoms with Crippen molar-refractivity contribution in [3.05, 3.63) is 130 Å². The third-order valence-corrected chi connectivity index (χ3v) is 11.5. The fourth-order valence-electron chi connectivity index (χ4n) is 7.49. The summed E-state index contributed by atoms with van der Waals surface area (Å²) in [6.07, 6.45) is 5.99. The average molecular weight is 904 g/mol. The number of benzene rings is 3. The standard InChI is InChI=1S/C45H44Cl2N12O5/c46-35-25-36(47)34(24-33(35)37-10-4-6-18-48-37)43(62)51-40-26-39(54-59(40)32-8-2-1-3-9-32)44(63)49-27-30-28-58(55-53-30)19-7-5-11-42(61)57-22-20-56(21-23-57)31-14-12-29(13-15-31)50-38-16-17-41(60)52-45(38)64/h1-4,6,8-10,12-15,18,24-26,28,38,50H,5,7,11,16-17,19-23,27H2,(H,49,63)(H,51,62)(H,52,60,64). The number of piperidine rings is 1. The first kappa shape index (κ1) is 43.5. The Morgan fingerprint density at radius 1 is 0.828 bits per heavy atom. The maximum Gasteiger partial charge on any atom is 0.272 e. The van der Waals surface area contributed by atoms with Crippen molar-refractivity contribution in [3.63, 3.8) is 0 Å². The molecule has 17 nitrogen and oxygen atoms in total. The van der Waals surface area contributed by atoms with E-state index in [0.717, 1.165) is 17.8 Å². The second-order valence-electron chi connectivity index (χ2n) is 15.3. The molecule has 0 saturated carbocycles. The lowest BCUT2D eigenvalue weighted by atomic mass is 10.1. The number of hydrogen-bond donors (Lipinski definition) is 4. The van der Waals surface area contributed by atoms with Crippen LogP contribution in [0.25, 0.3) is 16.9 Å². The molecular weight excluding hydrogens is 859 g/mol. The molecule has 19 heteroatoms. The highest BCUT2D eigenvalue weighted by atomic mass is 35.5. The van der Waals surface area contributed by atoms with Crippen LogP contribution in [0.15, 0.2) is 103 Å². The van der Waals surface area contributed by atoms with E-state index in [2.05, 4.69) is 46.6 Å². The smallest absolute Gasteiger partial charge is 0.272 e. The number of carbonyl (C=O) groups excluding carboxylic acids is 5. The van der Waals surface area contributed by atoms with Gasteiger partial charge in [0, 0.05) is 74.8 Å². The van der Waals surface area contributed by atoms with Crippen LogP contribution in [-0.2, 0) is 27.5 Å². The fraction of sp³-hybridized carbons (Fsp3) is 0.267. The minimum Gasteiger partial charge on any atom is -0.374 e. The molecule has 3 aromatic heterocycles. The molecule has 0 spiro atoms. The van der Waals surface area contributed by atoms with Crippen molar-refractivity contribution in [1.82, 2.24) is 45.3 Å². The lowest BCUT2D eigenvalue weighted by Crippen LogP contribution is -2.48. The zero-order valence-electron chi connectivity index (χ0n) is 34.5. The molecule has 5 amide bonds. The van der Waals surface area contributed by atoms with Crippen LogP contribution in [0.2, 0.25) is 10.0 Å². The summed E-state index contributed by atoms with van der Waals surface area (Å²) in [7, 11) is 0. The van der Waals surface area contributed by atoms with Crippen LogP contribution in [0.4, 0.5) is 17.2 Å². The van der Waals surface area contributed by atoms with Crippen molar-refractivity contribution in [2.45, 2.75) is 51.2 Å². The Bertz CT molecular complexity index is 2650. The van der Waals surface area contributed by atoms with Gasteiger partial charge in [-0.05, 0) is 79.9 Å². The second-order valence-corrected chi connectivity index (χ2v) is 16.1. The maximum absolute atomic E-state index is 13.7. The highest BCUT2D eigenvalue weighted by molar-refractivity contribution is 6.38. The van der Waals surface area contributed by atoms with Crippen molar-refractivity contribution in [2.24, 2.45) is 0 Å². The van der Waals surface area contributed by atoms with E-state index in [9.17, 15) is 24.0 Å². The Hall–Kier alpha value is -7.11. The van der Waals surface area contributed by atoms with Gasteiger partial charge in [-0.3, -0.25) is 39.0 Å². The number of halogens is 2. The van der Waals surface area contributed by atoms with E-state index in [4.69, 9.17) is 23.2 Å². The number of nitrogens with zero attached hydrogens (tertiary/aromatic N) is 8. The monoisotopic (exact) mass is 902 g/mol.